The molecule has 108 valence electrons. The van der Waals surface area contributed by atoms with E-state index in [0.717, 1.165) is 30.4 Å². The molecule has 1 heterocycles. The van der Waals surface area contributed by atoms with Gasteiger partial charge >= 0.3 is 0 Å². The molecule has 0 saturated heterocycles. The summed E-state index contributed by atoms with van der Waals surface area (Å²) in [6.45, 7) is 2.80. The van der Waals surface area contributed by atoms with Crippen LogP contribution >= 0.6 is 0 Å². The van der Waals surface area contributed by atoms with Crippen LogP contribution < -0.4 is 4.74 Å². The molecule has 2 rings (SSSR count). The number of hydrogen-bond acceptors (Lipinski definition) is 4. The van der Waals surface area contributed by atoms with Crippen LogP contribution in [0.5, 0.6) is 5.75 Å². The van der Waals surface area contributed by atoms with E-state index in [1.54, 1.807) is 0 Å². The standard InChI is InChI=1S/C14H18N2O3S/c1-3-4-11-19-13-7-5-12(6-8-13)14-15-9-10-16(14)20(2,17)18/h5-10H,3-4,11H2,1-2H3. The molecule has 5 nitrogen and oxygen atoms in total. The molecule has 1 aromatic heterocycles. The van der Waals surface area contributed by atoms with Crippen molar-refractivity contribution in [1.82, 2.24) is 8.96 Å². The number of unbranched alkanes of at least 4 members (excludes halogenated alkanes) is 1. The monoisotopic (exact) mass is 294 g/mol. The van der Waals surface area contributed by atoms with Gasteiger partial charge in [-0.05, 0) is 30.7 Å². The third-order valence-corrected chi connectivity index (χ3v) is 3.85. The maximum atomic E-state index is 11.6. The Balaban J connectivity index is 2.21. The number of aromatic nitrogens is 2. The summed E-state index contributed by atoms with van der Waals surface area (Å²) in [5, 5.41) is 0. The van der Waals surface area contributed by atoms with Gasteiger partial charge in [-0.25, -0.2) is 17.4 Å². The van der Waals surface area contributed by atoms with Crippen LogP contribution in [0.15, 0.2) is 36.7 Å². The minimum Gasteiger partial charge on any atom is -0.494 e. The van der Waals surface area contributed by atoms with E-state index in [9.17, 15) is 8.42 Å². The van der Waals surface area contributed by atoms with Crippen molar-refractivity contribution >= 4 is 10.0 Å². The van der Waals surface area contributed by atoms with Crippen LogP contribution in [-0.2, 0) is 10.0 Å². The number of ether oxygens (including phenoxy) is 1. The Morgan fingerprint density at radius 1 is 1.25 bits per heavy atom. The lowest BCUT2D eigenvalue weighted by Crippen LogP contribution is -2.10. The molecule has 1 aromatic carbocycles. The molecule has 0 N–H and O–H groups in total. The number of nitrogens with zero attached hydrogens (tertiary/aromatic N) is 2. The first-order valence-corrected chi connectivity index (χ1v) is 8.34. The lowest BCUT2D eigenvalue weighted by Gasteiger charge is -2.08. The number of benzene rings is 1. The van der Waals surface area contributed by atoms with Crippen molar-refractivity contribution in [1.29, 1.82) is 0 Å². The van der Waals surface area contributed by atoms with E-state index in [0.29, 0.717) is 12.4 Å². The van der Waals surface area contributed by atoms with Gasteiger partial charge in [-0.15, -0.1) is 0 Å². The van der Waals surface area contributed by atoms with Gasteiger partial charge in [0.1, 0.15) is 5.75 Å². The quantitative estimate of drug-likeness (QED) is 0.768. The predicted octanol–water partition coefficient (Wildman–Crippen LogP) is 2.54. The smallest absolute Gasteiger partial charge is 0.237 e. The highest BCUT2D eigenvalue weighted by Crippen LogP contribution is 2.22. The Bertz CT molecular complexity index is 660. The van der Waals surface area contributed by atoms with Crippen molar-refractivity contribution in [2.24, 2.45) is 0 Å². The third kappa shape index (κ3) is 3.39. The van der Waals surface area contributed by atoms with Gasteiger partial charge in [-0.2, -0.15) is 0 Å². The van der Waals surface area contributed by atoms with Crippen molar-refractivity contribution in [3.05, 3.63) is 36.7 Å². The van der Waals surface area contributed by atoms with Crippen molar-refractivity contribution < 1.29 is 13.2 Å². The number of hydrogen-bond donors (Lipinski definition) is 0. The van der Waals surface area contributed by atoms with Gasteiger partial charge in [-0.3, -0.25) is 0 Å². The Morgan fingerprint density at radius 2 is 1.95 bits per heavy atom. The SMILES string of the molecule is CCCCOc1ccc(-c2nccn2S(C)(=O)=O)cc1. The van der Waals surface area contributed by atoms with E-state index >= 15 is 0 Å². The second kappa shape index (κ2) is 6.09. The molecule has 0 saturated carbocycles. The van der Waals surface area contributed by atoms with Gasteiger partial charge < -0.3 is 4.74 Å². The summed E-state index contributed by atoms with van der Waals surface area (Å²) in [6.07, 6.45) is 6.17. The normalized spacial score (nSPS) is 11.5. The van der Waals surface area contributed by atoms with Crippen molar-refractivity contribution in [2.45, 2.75) is 19.8 Å². The average Bonchev–Trinajstić information content (AvgIpc) is 2.89. The summed E-state index contributed by atoms with van der Waals surface area (Å²) in [7, 11) is -3.34. The molecular weight excluding hydrogens is 276 g/mol. The molecule has 0 aliphatic heterocycles. The van der Waals surface area contributed by atoms with Crippen molar-refractivity contribution in [3.8, 4) is 17.1 Å². The Morgan fingerprint density at radius 3 is 2.55 bits per heavy atom. The summed E-state index contributed by atoms with van der Waals surface area (Å²) < 4.78 is 30.0. The van der Waals surface area contributed by atoms with Gasteiger partial charge in [0.25, 0.3) is 0 Å². The predicted molar refractivity (Wildman–Crippen MR) is 78.3 cm³/mol. The first-order valence-electron chi connectivity index (χ1n) is 6.49. The average molecular weight is 294 g/mol. The Labute approximate surface area is 119 Å². The molecule has 0 unspecified atom stereocenters. The van der Waals surface area contributed by atoms with E-state index in [4.69, 9.17) is 4.74 Å². The second-order valence-electron chi connectivity index (χ2n) is 4.54. The summed E-state index contributed by atoms with van der Waals surface area (Å²) in [6, 6.07) is 7.27. The fourth-order valence-corrected chi connectivity index (χ4v) is 2.54. The lowest BCUT2D eigenvalue weighted by atomic mass is 10.2. The molecule has 0 radical (unpaired) electrons. The van der Waals surface area contributed by atoms with E-state index in [1.807, 2.05) is 24.3 Å². The van der Waals surface area contributed by atoms with Gasteiger partial charge in [-0.1, -0.05) is 13.3 Å². The van der Waals surface area contributed by atoms with Gasteiger partial charge in [0.05, 0.1) is 12.9 Å². The molecule has 6 heteroatoms. The largest absolute Gasteiger partial charge is 0.494 e. The first kappa shape index (κ1) is 14.6. The zero-order valence-electron chi connectivity index (χ0n) is 11.6. The highest BCUT2D eigenvalue weighted by Gasteiger charge is 2.13. The van der Waals surface area contributed by atoms with Crippen LogP contribution in [0, 0.1) is 0 Å². The minimum absolute atomic E-state index is 0.410. The molecule has 0 bridgehead atoms. The maximum Gasteiger partial charge on any atom is 0.237 e. The van der Waals surface area contributed by atoms with Crippen LogP contribution in [0.4, 0.5) is 0 Å². The maximum absolute atomic E-state index is 11.6. The van der Waals surface area contributed by atoms with E-state index in [2.05, 4.69) is 11.9 Å². The summed E-state index contributed by atoms with van der Waals surface area (Å²) in [5.74, 6) is 1.19. The molecule has 0 aliphatic carbocycles. The van der Waals surface area contributed by atoms with Crippen LogP contribution in [0.25, 0.3) is 11.4 Å². The van der Waals surface area contributed by atoms with Crippen LogP contribution in [0.2, 0.25) is 0 Å². The molecule has 0 aliphatic rings. The Hall–Kier alpha value is -1.82. The number of imidazole rings is 1. The van der Waals surface area contributed by atoms with Gasteiger partial charge in [0.2, 0.25) is 10.0 Å². The second-order valence-corrected chi connectivity index (χ2v) is 6.40. The van der Waals surface area contributed by atoms with Crippen LogP contribution in [0.3, 0.4) is 0 Å². The molecule has 0 amide bonds. The van der Waals surface area contributed by atoms with Crippen LogP contribution in [-0.4, -0.2) is 30.2 Å². The fraction of sp³-hybridized carbons (Fsp3) is 0.357. The summed E-state index contributed by atoms with van der Waals surface area (Å²) >= 11 is 0. The molecule has 0 fully saturated rings. The van der Waals surface area contributed by atoms with Crippen molar-refractivity contribution in [3.63, 3.8) is 0 Å². The minimum atomic E-state index is -3.34. The molecule has 20 heavy (non-hydrogen) atoms. The first-order chi connectivity index (χ1) is 9.52. The lowest BCUT2D eigenvalue weighted by molar-refractivity contribution is 0.309. The van der Waals surface area contributed by atoms with Crippen molar-refractivity contribution in [2.75, 3.05) is 12.9 Å². The zero-order valence-corrected chi connectivity index (χ0v) is 12.4. The molecule has 0 atom stereocenters. The molecular formula is C14H18N2O3S. The third-order valence-electron chi connectivity index (χ3n) is 2.84. The molecule has 0 spiro atoms. The highest BCUT2D eigenvalue weighted by molar-refractivity contribution is 7.89. The van der Waals surface area contributed by atoms with E-state index in [1.165, 1.54) is 16.4 Å². The van der Waals surface area contributed by atoms with Crippen LogP contribution in [0.1, 0.15) is 19.8 Å². The number of rotatable bonds is 6. The van der Waals surface area contributed by atoms with E-state index in [-0.39, 0.29) is 0 Å². The zero-order chi connectivity index (χ0) is 14.6. The van der Waals surface area contributed by atoms with E-state index < -0.39 is 10.0 Å². The Kier molecular flexibility index (Phi) is 4.44. The summed E-state index contributed by atoms with van der Waals surface area (Å²) in [5.41, 5.74) is 0.739. The van der Waals surface area contributed by atoms with Gasteiger partial charge in [0, 0.05) is 18.0 Å². The van der Waals surface area contributed by atoms with Gasteiger partial charge in [0.15, 0.2) is 5.82 Å². The summed E-state index contributed by atoms with van der Waals surface area (Å²) in [4.78, 5) is 4.10. The highest BCUT2D eigenvalue weighted by atomic mass is 32.2. The molecule has 2 aromatic rings. The topological polar surface area (TPSA) is 61.2 Å². The fourth-order valence-electron chi connectivity index (χ4n) is 1.80.